The van der Waals surface area contributed by atoms with Crippen molar-refractivity contribution in [3.63, 3.8) is 0 Å². The number of nitrogens with one attached hydrogen (secondary N) is 1. The van der Waals surface area contributed by atoms with Gasteiger partial charge in [0.2, 0.25) is 0 Å². The van der Waals surface area contributed by atoms with Crippen LogP contribution in [-0.4, -0.2) is 11.6 Å². The third-order valence-corrected chi connectivity index (χ3v) is 4.09. The number of nitrogens with zero attached hydrogens (tertiary/aromatic N) is 1. The molecule has 1 heterocycles. The van der Waals surface area contributed by atoms with Crippen molar-refractivity contribution in [2.75, 3.05) is 7.05 Å². The number of para-hydroxylation sites is 1. The Labute approximate surface area is 126 Å². The predicted octanol–water partition coefficient (Wildman–Crippen LogP) is 4.03. The van der Waals surface area contributed by atoms with Gasteiger partial charge in [0.25, 0.3) is 0 Å². The lowest BCUT2D eigenvalue weighted by molar-refractivity contribution is 0.707. The Balaban J connectivity index is 2.10. The Morgan fingerprint density at radius 1 is 1.00 bits per heavy atom. The summed E-state index contributed by atoms with van der Waals surface area (Å²) in [6, 6.07) is 17.6. The quantitative estimate of drug-likeness (QED) is 0.762. The molecule has 1 aromatic heterocycles. The fraction of sp³-hybridized carbons (Fsp3) is 0.263. The van der Waals surface area contributed by atoms with Crippen LogP contribution in [0.5, 0.6) is 0 Å². The average Bonchev–Trinajstić information content (AvgIpc) is 2.81. The molecule has 0 fully saturated rings. The first-order valence-corrected chi connectivity index (χ1v) is 7.47. The maximum absolute atomic E-state index is 3.28. The van der Waals surface area contributed by atoms with Crippen LogP contribution in [0.4, 0.5) is 0 Å². The van der Waals surface area contributed by atoms with E-state index in [-0.39, 0.29) is 0 Å². The van der Waals surface area contributed by atoms with Crippen molar-refractivity contribution in [1.29, 1.82) is 0 Å². The van der Waals surface area contributed by atoms with Crippen molar-refractivity contribution in [1.82, 2.24) is 9.88 Å². The summed E-state index contributed by atoms with van der Waals surface area (Å²) in [5.41, 5.74) is 6.72. The summed E-state index contributed by atoms with van der Waals surface area (Å²) in [5.74, 6) is 0. The molecule has 1 N–H and O–H groups in total. The number of hydrogen-bond acceptors (Lipinski definition) is 1. The van der Waals surface area contributed by atoms with E-state index >= 15 is 0 Å². The van der Waals surface area contributed by atoms with Crippen LogP contribution in [0.25, 0.3) is 10.9 Å². The monoisotopic (exact) mass is 278 g/mol. The summed E-state index contributed by atoms with van der Waals surface area (Å²) < 4.78 is 2.42. The molecule has 2 heteroatoms. The van der Waals surface area contributed by atoms with Gasteiger partial charge >= 0.3 is 0 Å². The van der Waals surface area contributed by atoms with Crippen LogP contribution >= 0.6 is 0 Å². The van der Waals surface area contributed by atoms with Crippen molar-refractivity contribution in [3.8, 4) is 0 Å². The van der Waals surface area contributed by atoms with Gasteiger partial charge in [-0.15, -0.1) is 0 Å². The summed E-state index contributed by atoms with van der Waals surface area (Å²) >= 11 is 0. The average molecular weight is 278 g/mol. The summed E-state index contributed by atoms with van der Waals surface area (Å²) in [6.07, 6.45) is 0. The zero-order valence-electron chi connectivity index (χ0n) is 13.0. The van der Waals surface area contributed by atoms with Crippen LogP contribution in [0.1, 0.15) is 22.4 Å². The molecule has 108 valence electrons. The third-order valence-electron chi connectivity index (χ3n) is 4.09. The number of fused-ring (bicyclic) bond motifs is 1. The molecular formula is C19H22N2. The van der Waals surface area contributed by atoms with Crippen LogP contribution < -0.4 is 5.32 Å². The molecule has 3 rings (SSSR count). The number of benzene rings is 2. The van der Waals surface area contributed by atoms with Gasteiger partial charge in [-0.3, -0.25) is 0 Å². The van der Waals surface area contributed by atoms with Gasteiger partial charge in [-0.1, -0.05) is 42.0 Å². The van der Waals surface area contributed by atoms with Crippen LogP contribution in [0.3, 0.4) is 0 Å². The molecule has 0 aliphatic heterocycles. The molecule has 21 heavy (non-hydrogen) atoms. The third kappa shape index (κ3) is 2.72. The summed E-state index contributed by atoms with van der Waals surface area (Å²) in [7, 11) is 2.00. The fourth-order valence-corrected chi connectivity index (χ4v) is 2.92. The zero-order chi connectivity index (χ0) is 14.8. The molecule has 0 bridgehead atoms. The molecule has 0 radical (unpaired) electrons. The lowest BCUT2D eigenvalue weighted by Gasteiger charge is -2.13. The second-order valence-electron chi connectivity index (χ2n) is 5.74. The fourth-order valence-electron chi connectivity index (χ4n) is 2.92. The minimum Gasteiger partial charge on any atom is -0.339 e. The standard InChI is InChI=1S/C19H22N2/c1-14-8-9-15(2)17(10-14)13-21-18(12-20-3)11-16-6-4-5-7-19(16)21/h4-11,20H,12-13H2,1-3H3. The molecular weight excluding hydrogens is 256 g/mol. The van der Waals surface area contributed by atoms with E-state index in [0.717, 1.165) is 13.1 Å². The number of aryl methyl sites for hydroxylation is 2. The van der Waals surface area contributed by atoms with Gasteiger partial charge in [0.05, 0.1) is 0 Å². The van der Waals surface area contributed by atoms with Crippen molar-refractivity contribution in [2.45, 2.75) is 26.9 Å². The van der Waals surface area contributed by atoms with E-state index in [0.29, 0.717) is 0 Å². The summed E-state index contributed by atoms with van der Waals surface area (Å²) in [6.45, 7) is 6.17. The SMILES string of the molecule is CNCc1cc2ccccc2n1Cc1cc(C)ccc1C. The van der Waals surface area contributed by atoms with Crippen LogP contribution in [-0.2, 0) is 13.1 Å². The van der Waals surface area contributed by atoms with Gasteiger partial charge < -0.3 is 9.88 Å². The minimum absolute atomic E-state index is 0.888. The lowest BCUT2D eigenvalue weighted by Crippen LogP contribution is -2.12. The van der Waals surface area contributed by atoms with Crippen molar-refractivity contribution in [2.24, 2.45) is 0 Å². The van der Waals surface area contributed by atoms with Crippen LogP contribution in [0.15, 0.2) is 48.5 Å². The van der Waals surface area contributed by atoms with Crippen LogP contribution in [0, 0.1) is 13.8 Å². The largest absolute Gasteiger partial charge is 0.339 e. The van der Waals surface area contributed by atoms with Gasteiger partial charge in [-0.25, -0.2) is 0 Å². The minimum atomic E-state index is 0.888. The first-order chi connectivity index (χ1) is 10.2. The molecule has 0 saturated heterocycles. The number of aromatic nitrogens is 1. The molecule has 0 atom stereocenters. The summed E-state index contributed by atoms with van der Waals surface area (Å²) in [5, 5.41) is 4.59. The molecule has 2 aromatic carbocycles. The maximum atomic E-state index is 3.28. The van der Waals surface area contributed by atoms with Gasteiger partial charge in [-0.05, 0) is 49.5 Å². The van der Waals surface area contributed by atoms with E-state index in [1.54, 1.807) is 0 Å². The van der Waals surface area contributed by atoms with E-state index in [1.165, 1.54) is 33.3 Å². The second-order valence-corrected chi connectivity index (χ2v) is 5.74. The molecule has 0 spiro atoms. The Morgan fingerprint density at radius 2 is 1.81 bits per heavy atom. The van der Waals surface area contributed by atoms with E-state index in [4.69, 9.17) is 0 Å². The molecule has 0 amide bonds. The van der Waals surface area contributed by atoms with Crippen molar-refractivity contribution in [3.05, 3.63) is 70.9 Å². The van der Waals surface area contributed by atoms with E-state index in [9.17, 15) is 0 Å². The van der Waals surface area contributed by atoms with E-state index in [2.05, 4.69) is 72.3 Å². The highest BCUT2D eigenvalue weighted by Crippen LogP contribution is 2.22. The molecule has 0 unspecified atom stereocenters. The highest BCUT2D eigenvalue weighted by Gasteiger charge is 2.09. The maximum Gasteiger partial charge on any atom is 0.0486 e. The number of rotatable bonds is 4. The topological polar surface area (TPSA) is 17.0 Å². The highest BCUT2D eigenvalue weighted by atomic mass is 15.0. The normalized spacial score (nSPS) is 11.2. The van der Waals surface area contributed by atoms with Crippen LogP contribution in [0.2, 0.25) is 0 Å². The lowest BCUT2D eigenvalue weighted by atomic mass is 10.1. The molecule has 0 aliphatic carbocycles. The smallest absolute Gasteiger partial charge is 0.0486 e. The molecule has 2 nitrogen and oxygen atoms in total. The Morgan fingerprint density at radius 3 is 2.62 bits per heavy atom. The molecule has 0 saturated carbocycles. The Kier molecular flexibility index (Phi) is 3.80. The highest BCUT2D eigenvalue weighted by molar-refractivity contribution is 5.81. The molecule has 3 aromatic rings. The Hall–Kier alpha value is -2.06. The first kappa shape index (κ1) is 13.9. The molecule has 0 aliphatic rings. The van der Waals surface area contributed by atoms with E-state index in [1.807, 2.05) is 7.05 Å². The summed E-state index contributed by atoms with van der Waals surface area (Å²) in [4.78, 5) is 0. The van der Waals surface area contributed by atoms with Gasteiger partial charge in [0.1, 0.15) is 0 Å². The van der Waals surface area contributed by atoms with Gasteiger partial charge in [-0.2, -0.15) is 0 Å². The second kappa shape index (κ2) is 5.74. The van der Waals surface area contributed by atoms with Gasteiger partial charge in [0, 0.05) is 24.3 Å². The zero-order valence-corrected chi connectivity index (χ0v) is 13.0. The van der Waals surface area contributed by atoms with Crippen molar-refractivity contribution < 1.29 is 0 Å². The van der Waals surface area contributed by atoms with Crippen molar-refractivity contribution >= 4 is 10.9 Å². The first-order valence-electron chi connectivity index (χ1n) is 7.47. The van der Waals surface area contributed by atoms with Gasteiger partial charge in [0.15, 0.2) is 0 Å². The van der Waals surface area contributed by atoms with E-state index < -0.39 is 0 Å². The number of hydrogen-bond donors (Lipinski definition) is 1. The predicted molar refractivity (Wildman–Crippen MR) is 89.7 cm³/mol. The Bertz CT molecular complexity index is 768.